The average Bonchev–Trinajstić information content (AvgIpc) is 2.45. The van der Waals surface area contributed by atoms with Gasteiger partial charge in [-0.05, 0) is 23.8 Å². The van der Waals surface area contributed by atoms with Crippen LogP contribution in [0.2, 0.25) is 0 Å². The molecule has 2 aromatic rings. The minimum absolute atomic E-state index is 0.102. The normalized spacial score (nSPS) is 11.1. The van der Waals surface area contributed by atoms with Gasteiger partial charge in [-0.1, -0.05) is 12.1 Å². The summed E-state index contributed by atoms with van der Waals surface area (Å²) in [6, 6.07) is 5.65. The Morgan fingerprint density at radius 1 is 1.18 bits per heavy atom. The molecule has 0 saturated carbocycles. The van der Waals surface area contributed by atoms with Crippen molar-refractivity contribution in [3.8, 4) is 16.9 Å². The standard InChI is InChI=1S/C14H9F4NO3/c1-21-13(20)12-11(6-9(15)7-19-12)8-2-4-10(5-3-8)22-14(16,17)18/h2-7H,1H3. The van der Waals surface area contributed by atoms with Gasteiger partial charge in [0.2, 0.25) is 0 Å². The highest BCUT2D eigenvalue weighted by atomic mass is 19.4. The van der Waals surface area contributed by atoms with Crippen LogP contribution in [0, 0.1) is 5.82 Å². The van der Waals surface area contributed by atoms with Gasteiger partial charge in [-0.25, -0.2) is 14.2 Å². The molecule has 0 bridgehead atoms. The summed E-state index contributed by atoms with van der Waals surface area (Å²) in [5.41, 5.74) is 0.251. The summed E-state index contributed by atoms with van der Waals surface area (Å²) < 4.78 is 57.8. The number of rotatable bonds is 3. The van der Waals surface area contributed by atoms with Gasteiger partial charge in [-0.2, -0.15) is 0 Å². The van der Waals surface area contributed by atoms with Crippen molar-refractivity contribution >= 4 is 5.97 Å². The molecule has 0 saturated heterocycles. The van der Waals surface area contributed by atoms with Crippen molar-refractivity contribution in [1.82, 2.24) is 4.98 Å². The molecular formula is C14H9F4NO3. The third-order valence-electron chi connectivity index (χ3n) is 2.63. The maximum absolute atomic E-state index is 13.3. The molecule has 1 aromatic heterocycles. The van der Waals surface area contributed by atoms with Crippen molar-refractivity contribution in [2.75, 3.05) is 7.11 Å². The Kier molecular flexibility index (Phi) is 4.30. The molecule has 116 valence electrons. The lowest BCUT2D eigenvalue weighted by atomic mass is 10.0. The summed E-state index contributed by atoms with van der Waals surface area (Å²) >= 11 is 0. The van der Waals surface area contributed by atoms with Crippen LogP contribution >= 0.6 is 0 Å². The Morgan fingerprint density at radius 2 is 1.82 bits per heavy atom. The van der Waals surface area contributed by atoms with Gasteiger partial charge in [0.05, 0.1) is 13.3 Å². The van der Waals surface area contributed by atoms with E-state index >= 15 is 0 Å². The molecular weight excluding hydrogens is 306 g/mol. The van der Waals surface area contributed by atoms with E-state index in [2.05, 4.69) is 14.5 Å². The maximum atomic E-state index is 13.3. The van der Waals surface area contributed by atoms with Crippen LogP contribution < -0.4 is 4.74 Å². The number of esters is 1. The van der Waals surface area contributed by atoms with E-state index in [0.717, 1.165) is 31.5 Å². The smallest absolute Gasteiger partial charge is 0.464 e. The molecule has 22 heavy (non-hydrogen) atoms. The number of benzene rings is 1. The predicted molar refractivity (Wildman–Crippen MR) is 67.7 cm³/mol. The zero-order valence-corrected chi connectivity index (χ0v) is 11.1. The van der Waals surface area contributed by atoms with Crippen molar-refractivity contribution < 1.29 is 31.8 Å². The van der Waals surface area contributed by atoms with E-state index in [1.165, 1.54) is 12.1 Å². The van der Waals surface area contributed by atoms with Crippen LogP contribution in [0.4, 0.5) is 17.6 Å². The summed E-state index contributed by atoms with van der Waals surface area (Å²) in [5.74, 6) is -1.91. The molecule has 0 aliphatic heterocycles. The van der Waals surface area contributed by atoms with E-state index in [1.807, 2.05) is 0 Å². The Bertz CT molecular complexity index is 683. The summed E-state index contributed by atoms with van der Waals surface area (Å²) in [6.07, 6.45) is -3.96. The molecule has 1 heterocycles. The van der Waals surface area contributed by atoms with Crippen molar-refractivity contribution in [2.24, 2.45) is 0 Å². The third-order valence-corrected chi connectivity index (χ3v) is 2.63. The zero-order valence-electron chi connectivity index (χ0n) is 11.1. The Morgan fingerprint density at radius 3 is 2.36 bits per heavy atom. The summed E-state index contributed by atoms with van der Waals surface area (Å²) in [7, 11) is 1.14. The first-order valence-corrected chi connectivity index (χ1v) is 5.90. The lowest BCUT2D eigenvalue weighted by Crippen LogP contribution is -2.17. The average molecular weight is 315 g/mol. The van der Waals surface area contributed by atoms with Crippen LogP contribution in [0.25, 0.3) is 11.1 Å². The van der Waals surface area contributed by atoms with E-state index < -0.39 is 23.9 Å². The summed E-state index contributed by atoms with van der Waals surface area (Å²) in [5, 5.41) is 0. The van der Waals surface area contributed by atoms with Crippen LogP contribution in [-0.4, -0.2) is 24.4 Å². The fourth-order valence-corrected chi connectivity index (χ4v) is 1.75. The number of alkyl halides is 3. The van der Waals surface area contributed by atoms with Gasteiger partial charge in [-0.3, -0.25) is 0 Å². The quantitative estimate of drug-likeness (QED) is 0.642. The lowest BCUT2D eigenvalue weighted by molar-refractivity contribution is -0.274. The molecule has 0 N–H and O–H groups in total. The molecule has 0 spiro atoms. The van der Waals surface area contributed by atoms with E-state index in [4.69, 9.17) is 0 Å². The zero-order chi connectivity index (χ0) is 16.3. The topological polar surface area (TPSA) is 48.4 Å². The van der Waals surface area contributed by atoms with Crippen LogP contribution in [0.1, 0.15) is 10.5 Å². The molecule has 4 nitrogen and oxygen atoms in total. The third kappa shape index (κ3) is 3.72. The number of nitrogens with zero attached hydrogens (tertiary/aromatic N) is 1. The molecule has 0 amide bonds. The molecule has 0 fully saturated rings. The van der Waals surface area contributed by atoms with E-state index in [1.54, 1.807) is 0 Å². The van der Waals surface area contributed by atoms with Crippen LogP contribution in [0.3, 0.4) is 0 Å². The van der Waals surface area contributed by atoms with Crippen molar-refractivity contribution in [2.45, 2.75) is 6.36 Å². The molecule has 8 heteroatoms. The highest BCUT2D eigenvalue weighted by Gasteiger charge is 2.31. The highest BCUT2D eigenvalue weighted by molar-refractivity contribution is 5.95. The van der Waals surface area contributed by atoms with Gasteiger partial charge >= 0.3 is 12.3 Å². The fourth-order valence-electron chi connectivity index (χ4n) is 1.75. The van der Waals surface area contributed by atoms with Gasteiger partial charge in [0, 0.05) is 5.56 Å². The number of hydrogen-bond donors (Lipinski definition) is 0. The summed E-state index contributed by atoms with van der Waals surface area (Å²) in [6.45, 7) is 0. The predicted octanol–water partition coefficient (Wildman–Crippen LogP) is 3.57. The number of methoxy groups -OCH3 is 1. The molecule has 1 aromatic carbocycles. The van der Waals surface area contributed by atoms with Crippen LogP contribution in [-0.2, 0) is 4.74 Å². The monoisotopic (exact) mass is 315 g/mol. The van der Waals surface area contributed by atoms with Gasteiger partial charge in [-0.15, -0.1) is 13.2 Å². The first kappa shape index (κ1) is 15.7. The first-order chi connectivity index (χ1) is 10.3. The van der Waals surface area contributed by atoms with Gasteiger partial charge in [0.25, 0.3) is 0 Å². The lowest BCUT2D eigenvalue weighted by Gasteiger charge is -2.10. The molecule has 0 aliphatic rings. The van der Waals surface area contributed by atoms with Gasteiger partial charge < -0.3 is 9.47 Å². The highest BCUT2D eigenvalue weighted by Crippen LogP contribution is 2.28. The van der Waals surface area contributed by atoms with Crippen LogP contribution in [0.5, 0.6) is 5.75 Å². The number of hydrogen-bond acceptors (Lipinski definition) is 4. The number of halogens is 4. The van der Waals surface area contributed by atoms with Crippen molar-refractivity contribution in [1.29, 1.82) is 0 Å². The molecule has 0 aliphatic carbocycles. The maximum Gasteiger partial charge on any atom is 0.573 e. The number of carbonyl (C=O) groups is 1. The molecule has 0 atom stereocenters. The first-order valence-electron chi connectivity index (χ1n) is 5.90. The second-order valence-electron chi connectivity index (χ2n) is 4.11. The van der Waals surface area contributed by atoms with Crippen LogP contribution in [0.15, 0.2) is 36.5 Å². The Labute approximate surface area is 122 Å². The van der Waals surface area contributed by atoms with Crippen molar-refractivity contribution in [3.63, 3.8) is 0 Å². The number of pyridine rings is 1. The number of ether oxygens (including phenoxy) is 2. The van der Waals surface area contributed by atoms with Gasteiger partial charge in [0.15, 0.2) is 5.69 Å². The minimum Gasteiger partial charge on any atom is -0.464 e. The fraction of sp³-hybridized carbons (Fsp3) is 0.143. The Balaban J connectivity index is 2.39. The molecule has 0 radical (unpaired) electrons. The largest absolute Gasteiger partial charge is 0.573 e. The number of carbonyl (C=O) groups excluding carboxylic acids is 1. The second-order valence-corrected chi connectivity index (χ2v) is 4.11. The van der Waals surface area contributed by atoms with E-state index in [9.17, 15) is 22.4 Å². The van der Waals surface area contributed by atoms with Gasteiger partial charge in [0.1, 0.15) is 11.6 Å². The van der Waals surface area contributed by atoms with Crippen molar-refractivity contribution in [3.05, 3.63) is 48.0 Å². The van der Waals surface area contributed by atoms with E-state index in [-0.39, 0.29) is 11.3 Å². The summed E-state index contributed by atoms with van der Waals surface area (Å²) in [4.78, 5) is 15.2. The minimum atomic E-state index is -4.81. The number of aromatic nitrogens is 1. The van der Waals surface area contributed by atoms with E-state index in [0.29, 0.717) is 5.56 Å². The molecule has 0 unspecified atom stereocenters. The molecule has 2 rings (SSSR count). The second kappa shape index (κ2) is 6.00. The SMILES string of the molecule is COC(=O)c1ncc(F)cc1-c1ccc(OC(F)(F)F)cc1. The Hall–Kier alpha value is -2.64.